The second-order valence-corrected chi connectivity index (χ2v) is 5.96. The number of hydrogen-bond donors (Lipinski definition) is 1. The van der Waals surface area contributed by atoms with E-state index in [0.29, 0.717) is 0 Å². The number of amides is 1. The molecule has 2 aromatic carbocycles. The molecule has 0 aliphatic carbocycles. The molecule has 0 bridgehead atoms. The molecule has 0 aliphatic rings. The fraction of sp³-hybridized carbons (Fsp3) is 0.0952. The van der Waals surface area contributed by atoms with Gasteiger partial charge in [-0.05, 0) is 11.1 Å². The molecule has 1 heterocycles. The van der Waals surface area contributed by atoms with Crippen molar-refractivity contribution in [2.75, 3.05) is 0 Å². The Balaban J connectivity index is 1.95. The Morgan fingerprint density at radius 2 is 1.30 bits per heavy atom. The Bertz CT molecular complexity index is 954. The Morgan fingerprint density at radius 3 is 1.78 bits per heavy atom. The maximum Gasteiger partial charge on any atom is 0.371 e. The number of carboxylic acids is 1. The predicted octanol–water partition coefficient (Wildman–Crippen LogP) is 3.18. The van der Waals surface area contributed by atoms with E-state index in [9.17, 15) is 14.4 Å². The van der Waals surface area contributed by atoms with Gasteiger partial charge in [0.25, 0.3) is 5.91 Å². The van der Waals surface area contributed by atoms with Crippen molar-refractivity contribution in [3.05, 3.63) is 106 Å². The summed E-state index contributed by atoms with van der Waals surface area (Å²) in [4.78, 5) is 37.4. The molecule has 0 spiro atoms. The molecular formula is C21H17NO5. The molecule has 0 fully saturated rings. The molecule has 0 radical (unpaired) electrons. The third kappa shape index (κ3) is 4.70. The smallest absolute Gasteiger partial charge is 0.371 e. The third-order valence-electron chi connectivity index (χ3n) is 3.91. The van der Waals surface area contributed by atoms with Gasteiger partial charge in [0.2, 0.25) is 5.76 Å². The molecular weight excluding hydrogens is 346 g/mol. The average Bonchev–Trinajstić information content (AvgIpc) is 2.68. The van der Waals surface area contributed by atoms with Gasteiger partial charge in [-0.15, -0.1) is 0 Å². The highest BCUT2D eigenvalue weighted by Crippen LogP contribution is 2.14. The fourth-order valence-corrected chi connectivity index (χ4v) is 2.65. The molecule has 3 rings (SSSR count). The summed E-state index contributed by atoms with van der Waals surface area (Å²) in [5.41, 5.74) is 1.21. The Labute approximate surface area is 155 Å². The van der Waals surface area contributed by atoms with E-state index < -0.39 is 23.1 Å². The van der Waals surface area contributed by atoms with Crippen molar-refractivity contribution >= 4 is 11.9 Å². The molecule has 1 N–H and O–H groups in total. The van der Waals surface area contributed by atoms with Crippen LogP contribution < -0.4 is 5.43 Å². The van der Waals surface area contributed by atoms with Gasteiger partial charge in [0, 0.05) is 25.2 Å². The first-order chi connectivity index (χ1) is 13.0. The van der Waals surface area contributed by atoms with Crippen LogP contribution in [-0.4, -0.2) is 21.9 Å². The minimum Gasteiger partial charge on any atom is -0.475 e. The lowest BCUT2D eigenvalue weighted by Crippen LogP contribution is -2.31. The number of benzene rings is 2. The summed E-state index contributed by atoms with van der Waals surface area (Å²) >= 11 is 0. The zero-order valence-corrected chi connectivity index (χ0v) is 14.4. The lowest BCUT2D eigenvalue weighted by molar-refractivity contribution is 0.0636. The maximum absolute atomic E-state index is 13.0. The summed E-state index contributed by atoms with van der Waals surface area (Å²) in [5.74, 6) is -2.82. The van der Waals surface area contributed by atoms with Gasteiger partial charge in [-0.25, -0.2) is 4.79 Å². The van der Waals surface area contributed by atoms with Crippen molar-refractivity contribution in [1.82, 2.24) is 4.90 Å². The zero-order valence-electron chi connectivity index (χ0n) is 14.4. The van der Waals surface area contributed by atoms with E-state index in [1.54, 1.807) is 0 Å². The minimum absolute atomic E-state index is 0.287. The predicted molar refractivity (Wildman–Crippen MR) is 98.4 cm³/mol. The number of carbonyl (C=O) groups excluding carboxylic acids is 1. The van der Waals surface area contributed by atoms with E-state index in [2.05, 4.69) is 0 Å². The molecule has 0 atom stereocenters. The summed E-state index contributed by atoms with van der Waals surface area (Å²) in [6, 6.07) is 20.6. The molecule has 0 aliphatic heterocycles. The summed E-state index contributed by atoms with van der Waals surface area (Å²) in [7, 11) is 0. The van der Waals surface area contributed by atoms with Gasteiger partial charge in [0.15, 0.2) is 11.2 Å². The van der Waals surface area contributed by atoms with E-state index in [-0.39, 0.29) is 18.8 Å². The standard InChI is InChI=1S/C21H17NO5/c23-17-11-18(27-19(12-17)21(25)26)20(24)22(13-15-7-3-1-4-8-15)14-16-9-5-2-6-10-16/h1-12H,13-14H2,(H,25,26). The van der Waals surface area contributed by atoms with Gasteiger partial charge in [-0.1, -0.05) is 60.7 Å². The number of carboxylic acid groups (broad SMARTS) is 1. The van der Waals surface area contributed by atoms with Gasteiger partial charge >= 0.3 is 5.97 Å². The van der Waals surface area contributed by atoms with Crippen LogP contribution in [0.1, 0.15) is 32.2 Å². The van der Waals surface area contributed by atoms with E-state index in [4.69, 9.17) is 9.52 Å². The summed E-state index contributed by atoms with van der Waals surface area (Å²) in [5, 5.41) is 9.07. The molecule has 1 amide bonds. The SMILES string of the molecule is O=C(O)c1cc(=O)cc(C(=O)N(Cc2ccccc2)Cc2ccccc2)o1. The molecule has 1 aromatic heterocycles. The van der Waals surface area contributed by atoms with Crippen molar-refractivity contribution in [3.63, 3.8) is 0 Å². The number of aromatic carboxylic acids is 1. The first-order valence-electron chi connectivity index (χ1n) is 8.28. The van der Waals surface area contributed by atoms with Crippen LogP contribution in [-0.2, 0) is 13.1 Å². The van der Waals surface area contributed by atoms with Crippen LogP contribution in [0.2, 0.25) is 0 Å². The largest absolute Gasteiger partial charge is 0.475 e. The van der Waals surface area contributed by atoms with Gasteiger partial charge in [0.1, 0.15) is 0 Å². The fourth-order valence-electron chi connectivity index (χ4n) is 2.65. The number of nitrogens with zero attached hydrogens (tertiary/aromatic N) is 1. The summed E-state index contributed by atoms with van der Waals surface area (Å²) < 4.78 is 5.15. The topological polar surface area (TPSA) is 87.8 Å². The number of carbonyl (C=O) groups is 2. The average molecular weight is 363 g/mol. The van der Waals surface area contributed by atoms with Crippen LogP contribution in [0.4, 0.5) is 0 Å². The molecule has 6 nitrogen and oxygen atoms in total. The summed E-state index contributed by atoms with van der Waals surface area (Å²) in [6.07, 6.45) is 0. The second kappa shape index (κ2) is 8.14. The Morgan fingerprint density at radius 1 is 0.815 bits per heavy atom. The van der Waals surface area contributed by atoms with Crippen molar-refractivity contribution in [2.45, 2.75) is 13.1 Å². The monoisotopic (exact) mass is 363 g/mol. The maximum atomic E-state index is 13.0. The Kier molecular flexibility index (Phi) is 5.47. The number of hydrogen-bond acceptors (Lipinski definition) is 4. The van der Waals surface area contributed by atoms with Crippen LogP contribution in [0, 0.1) is 0 Å². The lowest BCUT2D eigenvalue weighted by Gasteiger charge is -2.22. The molecule has 0 unspecified atom stereocenters. The minimum atomic E-state index is -1.40. The number of rotatable bonds is 6. The van der Waals surface area contributed by atoms with Crippen molar-refractivity contribution in [2.24, 2.45) is 0 Å². The van der Waals surface area contributed by atoms with E-state index in [1.165, 1.54) is 4.90 Å². The van der Waals surface area contributed by atoms with Crippen LogP contribution in [0.15, 0.2) is 82.0 Å². The zero-order chi connectivity index (χ0) is 19.2. The van der Waals surface area contributed by atoms with Gasteiger partial charge in [0.05, 0.1) is 0 Å². The highest BCUT2D eigenvalue weighted by molar-refractivity contribution is 5.92. The van der Waals surface area contributed by atoms with Gasteiger partial charge < -0.3 is 14.4 Å². The molecule has 0 saturated heterocycles. The van der Waals surface area contributed by atoms with Crippen LogP contribution in [0.25, 0.3) is 0 Å². The molecule has 27 heavy (non-hydrogen) atoms. The molecule has 0 saturated carbocycles. The van der Waals surface area contributed by atoms with Crippen LogP contribution in [0.3, 0.4) is 0 Å². The molecule has 3 aromatic rings. The van der Waals surface area contributed by atoms with Gasteiger partial charge in [-0.2, -0.15) is 0 Å². The van der Waals surface area contributed by atoms with Crippen molar-refractivity contribution in [1.29, 1.82) is 0 Å². The highest BCUT2D eigenvalue weighted by atomic mass is 16.4. The van der Waals surface area contributed by atoms with Gasteiger partial charge in [-0.3, -0.25) is 9.59 Å². The van der Waals surface area contributed by atoms with Crippen LogP contribution >= 0.6 is 0 Å². The van der Waals surface area contributed by atoms with Crippen molar-refractivity contribution < 1.29 is 19.1 Å². The summed E-state index contributed by atoms with van der Waals surface area (Å²) in [6.45, 7) is 0.575. The highest BCUT2D eigenvalue weighted by Gasteiger charge is 2.21. The second-order valence-electron chi connectivity index (χ2n) is 5.96. The van der Waals surface area contributed by atoms with E-state index in [1.807, 2.05) is 60.7 Å². The van der Waals surface area contributed by atoms with E-state index >= 15 is 0 Å². The van der Waals surface area contributed by atoms with Crippen LogP contribution in [0.5, 0.6) is 0 Å². The molecule has 136 valence electrons. The van der Waals surface area contributed by atoms with E-state index in [0.717, 1.165) is 23.3 Å². The first kappa shape index (κ1) is 18.1. The third-order valence-corrected chi connectivity index (χ3v) is 3.91. The first-order valence-corrected chi connectivity index (χ1v) is 8.28. The quantitative estimate of drug-likeness (QED) is 0.727. The van der Waals surface area contributed by atoms with Crippen molar-refractivity contribution in [3.8, 4) is 0 Å². The Hall–Kier alpha value is -3.67. The molecule has 6 heteroatoms. The lowest BCUT2D eigenvalue weighted by atomic mass is 10.1. The normalized spacial score (nSPS) is 10.4.